The number of carbonyl (C=O) groups excluding carboxylic acids is 1. The number of hydrogen-bond acceptors (Lipinski definition) is 5. The predicted molar refractivity (Wildman–Crippen MR) is 108 cm³/mol. The molecule has 154 valence electrons. The van der Waals surface area contributed by atoms with Crippen molar-refractivity contribution in [3.63, 3.8) is 0 Å². The summed E-state index contributed by atoms with van der Waals surface area (Å²) in [7, 11) is -2.01. The first kappa shape index (κ1) is 23.8. The van der Waals surface area contributed by atoms with Crippen molar-refractivity contribution in [3.05, 3.63) is 29.8 Å². The van der Waals surface area contributed by atoms with Crippen LogP contribution in [0.15, 0.2) is 29.2 Å². The Morgan fingerprint density at radius 2 is 1.70 bits per heavy atom. The number of nitrogens with zero attached hydrogens (tertiary/aromatic N) is 2. The third-order valence-electron chi connectivity index (χ3n) is 4.77. The number of piperazine rings is 1. The number of methoxy groups -OCH3 is 1. The summed E-state index contributed by atoms with van der Waals surface area (Å²) in [6, 6.07) is 7.03. The Hall–Kier alpha value is -1.19. The van der Waals surface area contributed by atoms with Crippen LogP contribution < -0.4 is 5.73 Å². The molecule has 1 aliphatic heterocycles. The maximum absolute atomic E-state index is 12.8. The fourth-order valence-electron chi connectivity index (χ4n) is 2.94. The van der Waals surface area contributed by atoms with Gasteiger partial charge in [-0.25, -0.2) is 8.42 Å². The monoisotopic (exact) mass is 419 g/mol. The van der Waals surface area contributed by atoms with Crippen molar-refractivity contribution in [1.82, 2.24) is 9.21 Å². The number of rotatable bonds is 7. The van der Waals surface area contributed by atoms with Crippen LogP contribution in [-0.4, -0.2) is 69.5 Å². The van der Waals surface area contributed by atoms with Crippen LogP contribution in [0.5, 0.6) is 0 Å². The second kappa shape index (κ2) is 10.4. The van der Waals surface area contributed by atoms with Crippen molar-refractivity contribution in [3.8, 4) is 0 Å². The summed E-state index contributed by atoms with van der Waals surface area (Å²) in [4.78, 5) is 14.2. The van der Waals surface area contributed by atoms with Crippen LogP contribution >= 0.6 is 12.4 Å². The normalized spacial score (nSPS) is 16.9. The molecule has 1 heterocycles. The Morgan fingerprint density at radius 1 is 1.15 bits per heavy atom. The van der Waals surface area contributed by atoms with E-state index in [1.807, 2.05) is 12.1 Å². The van der Waals surface area contributed by atoms with Crippen molar-refractivity contribution >= 4 is 28.3 Å². The highest BCUT2D eigenvalue weighted by Crippen LogP contribution is 2.21. The van der Waals surface area contributed by atoms with Crippen LogP contribution in [0.25, 0.3) is 0 Å². The van der Waals surface area contributed by atoms with Crippen molar-refractivity contribution in [2.24, 2.45) is 5.73 Å². The van der Waals surface area contributed by atoms with Gasteiger partial charge in [0.1, 0.15) is 0 Å². The van der Waals surface area contributed by atoms with Crippen LogP contribution in [-0.2, 0) is 19.6 Å². The highest BCUT2D eigenvalue weighted by Gasteiger charge is 2.30. The largest absolute Gasteiger partial charge is 0.380 e. The van der Waals surface area contributed by atoms with Gasteiger partial charge in [0, 0.05) is 39.8 Å². The SMILES string of the molecule is COC(CN)CC(=O)N1CCN(S(=O)(=O)c2ccc(C(C)C)cc2)CC1.Cl. The second-order valence-electron chi connectivity index (χ2n) is 6.81. The summed E-state index contributed by atoms with van der Waals surface area (Å²) >= 11 is 0. The molecule has 1 aliphatic rings. The summed E-state index contributed by atoms with van der Waals surface area (Å²) in [6.07, 6.45) is -0.0834. The molecule has 1 fully saturated rings. The molecule has 2 rings (SSSR count). The van der Waals surface area contributed by atoms with Gasteiger partial charge < -0.3 is 15.4 Å². The van der Waals surface area contributed by atoms with E-state index < -0.39 is 10.0 Å². The molecule has 1 aromatic carbocycles. The fraction of sp³-hybridized carbons (Fsp3) is 0.611. The molecule has 0 radical (unpaired) electrons. The maximum Gasteiger partial charge on any atom is 0.243 e. The number of ether oxygens (including phenoxy) is 1. The average molecular weight is 420 g/mol. The zero-order valence-corrected chi connectivity index (χ0v) is 17.8. The van der Waals surface area contributed by atoms with Gasteiger partial charge in [-0.1, -0.05) is 26.0 Å². The molecule has 1 saturated heterocycles. The van der Waals surface area contributed by atoms with Crippen LogP contribution in [0.1, 0.15) is 31.7 Å². The second-order valence-corrected chi connectivity index (χ2v) is 8.74. The molecule has 1 amide bonds. The van der Waals surface area contributed by atoms with Crippen molar-refractivity contribution in [2.45, 2.75) is 37.2 Å². The molecule has 9 heteroatoms. The summed E-state index contributed by atoms with van der Waals surface area (Å²) < 4.78 is 32.2. The first-order valence-corrected chi connectivity index (χ1v) is 10.3. The van der Waals surface area contributed by atoms with E-state index in [0.717, 1.165) is 5.56 Å². The lowest BCUT2D eigenvalue weighted by Gasteiger charge is -2.34. The Bertz CT molecular complexity index is 698. The van der Waals surface area contributed by atoms with Gasteiger partial charge in [-0.2, -0.15) is 4.31 Å². The van der Waals surface area contributed by atoms with E-state index in [1.165, 1.54) is 11.4 Å². The fourth-order valence-corrected chi connectivity index (χ4v) is 4.36. The van der Waals surface area contributed by atoms with E-state index >= 15 is 0 Å². The number of halogens is 1. The van der Waals surface area contributed by atoms with E-state index in [9.17, 15) is 13.2 Å². The number of carbonyl (C=O) groups is 1. The lowest BCUT2D eigenvalue weighted by atomic mass is 10.0. The first-order valence-electron chi connectivity index (χ1n) is 8.90. The highest BCUT2D eigenvalue weighted by atomic mass is 35.5. The zero-order valence-electron chi connectivity index (χ0n) is 16.1. The van der Waals surface area contributed by atoms with E-state index in [1.54, 1.807) is 17.0 Å². The Morgan fingerprint density at radius 3 is 2.15 bits per heavy atom. The molecular weight excluding hydrogens is 390 g/mol. The summed E-state index contributed by atoms with van der Waals surface area (Å²) in [6.45, 7) is 5.76. The zero-order chi connectivity index (χ0) is 19.3. The molecule has 1 aromatic rings. The van der Waals surface area contributed by atoms with Gasteiger partial charge in [-0.05, 0) is 23.6 Å². The van der Waals surface area contributed by atoms with E-state index in [0.29, 0.717) is 37.0 Å². The minimum Gasteiger partial charge on any atom is -0.380 e. The minimum absolute atomic E-state index is 0. The molecule has 1 atom stereocenters. The van der Waals surface area contributed by atoms with Gasteiger partial charge in [0.05, 0.1) is 17.4 Å². The Balaban J connectivity index is 0.00000364. The highest BCUT2D eigenvalue weighted by molar-refractivity contribution is 7.89. The first-order chi connectivity index (χ1) is 12.3. The van der Waals surface area contributed by atoms with Gasteiger partial charge >= 0.3 is 0 Å². The van der Waals surface area contributed by atoms with Crippen molar-refractivity contribution in [2.75, 3.05) is 39.8 Å². The van der Waals surface area contributed by atoms with Crippen molar-refractivity contribution in [1.29, 1.82) is 0 Å². The molecule has 7 nitrogen and oxygen atoms in total. The van der Waals surface area contributed by atoms with E-state index in [2.05, 4.69) is 13.8 Å². The third kappa shape index (κ3) is 5.89. The van der Waals surface area contributed by atoms with Crippen LogP contribution in [0.4, 0.5) is 0 Å². The molecule has 0 aromatic heterocycles. The molecule has 1 unspecified atom stereocenters. The van der Waals surface area contributed by atoms with Crippen LogP contribution in [0, 0.1) is 0 Å². The van der Waals surface area contributed by atoms with Gasteiger partial charge in [-0.3, -0.25) is 4.79 Å². The lowest BCUT2D eigenvalue weighted by molar-refractivity contribution is -0.134. The van der Waals surface area contributed by atoms with E-state index in [4.69, 9.17) is 10.5 Å². The van der Waals surface area contributed by atoms with Crippen LogP contribution in [0.2, 0.25) is 0 Å². The standard InChI is InChI=1S/C18H29N3O4S.ClH/c1-14(2)15-4-6-17(7-5-15)26(23,24)21-10-8-20(9-11-21)18(22)12-16(13-19)25-3;/h4-7,14,16H,8-13,19H2,1-3H3;1H. The number of benzene rings is 1. The predicted octanol–water partition coefficient (Wildman–Crippen LogP) is 1.43. The van der Waals surface area contributed by atoms with Gasteiger partial charge in [-0.15, -0.1) is 12.4 Å². The third-order valence-corrected chi connectivity index (χ3v) is 6.69. The lowest BCUT2D eigenvalue weighted by Crippen LogP contribution is -2.51. The van der Waals surface area contributed by atoms with Crippen LogP contribution in [0.3, 0.4) is 0 Å². The molecule has 0 bridgehead atoms. The summed E-state index contributed by atoms with van der Waals surface area (Å²) in [5, 5.41) is 0. The molecular formula is C18H30ClN3O4S. The number of nitrogens with two attached hydrogens (primary N) is 1. The van der Waals surface area contributed by atoms with Gasteiger partial charge in [0.25, 0.3) is 0 Å². The summed E-state index contributed by atoms with van der Waals surface area (Å²) in [5.41, 5.74) is 6.65. The quantitative estimate of drug-likeness (QED) is 0.721. The number of hydrogen-bond donors (Lipinski definition) is 1. The smallest absolute Gasteiger partial charge is 0.243 e. The van der Waals surface area contributed by atoms with Crippen molar-refractivity contribution < 1.29 is 17.9 Å². The maximum atomic E-state index is 12.8. The Labute approximate surface area is 168 Å². The summed E-state index contributed by atoms with van der Waals surface area (Å²) in [5.74, 6) is 0.298. The molecule has 0 spiro atoms. The average Bonchev–Trinajstić information content (AvgIpc) is 2.66. The minimum atomic E-state index is -3.54. The number of sulfonamides is 1. The van der Waals surface area contributed by atoms with E-state index in [-0.39, 0.29) is 37.4 Å². The van der Waals surface area contributed by atoms with Gasteiger partial charge in [0.2, 0.25) is 15.9 Å². The topological polar surface area (TPSA) is 92.9 Å². The molecule has 27 heavy (non-hydrogen) atoms. The molecule has 0 saturated carbocycles. The Kier molecular flexibility index (Phi) is 9.17. The molecule has 2 N–H and O–H groups in total. The molecule has 0 aliphatic carbocycles. The van der Waals surface area contributed by atoms with Gasteiger partial charge in [0.15, 0.2) is 0 Å². The number of amides is 1.